The highest BCUT2D eigenvalue weighted by Crippen LogP contribution is 2.26. The van der Waals surface area contributed by atoms with E-state index in [9.17, 15) is 0 Å². The molecule has 0 unspecified atom stereocenters. The third-order valence-corrected chi connectivity index (χ3v) is 5.90. The normalized spacial score (nSPS) is 22.5. The van der Waals surface area contributed by atoms with Crippen LogP contribution in [0.4, 0.5) is 0 Å². The van der Waals surface area contributed by atoms with E-state index in [1.807, 2.05) is 0 Å². The van der Waals surface area contributed by atoms with E-state index in [1.54, 1.807) is 0 Å². The van der Waals surface area contributed by atoms with Gasteiger partial charge in [-0.1, -0.05) is 46.0 Å². The summed E-state index contributed by atoms with van der Waals surface area (Å²) >= 11 is 0. The maximum atomic E-state index is 3.48. The van der Waals surface area contributed by atoms with Gasteiger partial charge in [0.15, 0.2) is 0 Å². The molecule has 0 amide bonds. The van der Waals surface area contributed by atoms with Crippen molar-refractivity contribution in [3.05, 3.63) is 0 Å². The molecule has 2 rings (SSSR count). The number of likely N-dealkylation sites (tertiary alicyclic amines) is 1. The van der Waals surface area contributed by atoms with Gasteiger partial charge in [-0.3, -0.25) is 0 Å². The van der Waals surface area contributed by atoms with E-state index in [-0.39, 0.29) is 0 Å². The van der Waals surface area contributed by atoms with Gasteiger partial charge in [-0.2, -0.15) is 0 Å². The molecule has 1 N–H and O–H groups in total. The third kappa shape index (κ3) is 7.46. The predicted octanol–water partition coefficient (Wildman–Crippen LogP) is 4.69. The molecule has 2 heteroatoms. The van der Waals surface area contributed by atoms with Crippen LogP contribution in [0.25, 0.3) is 0 Å². The Labute approximate surface area is 139 Å². The minimum Gasteiger partial charge on any atom is -0.317 e. The summed E-state index contributed by atoms with van der Waals surface area (Å²) in [6.45, 7) is 11.3. The molecule has 22 heavy (non-hydrogen) atoms. The second-order valence-corrected chi connectivity index (χ2v) is 8.30. The van der Waals surface area contributed by atoms with Crippen LogP contribution >= 0.6 is 0 Å². The van der Waals surface area contributed by atoms with Gasteiger partial charge in [0.25, 0.3) is 0 Å². The van der Waals surface area contributed by atoms with Crippen LogP contribution in [-0.4, -0.2) is 37.6 Å². The number of nitrogens with one attached hydrogen (secondary N) is 1. The lowest BCUT2D eigenvalue weighted by Crippen LogP contribution is -2.34. The van der Waals surface area contributed by atoms with Gasteiger partial charge in [-0.05, 0) is 82.6 Å². The summed E-state index contributed by atoms with van der Waals surface area (Å²) in [5.41, 5.74) is 0. The Morgan fingerprint density at radius 2 is 1.50 bits per heavy atom. The molecule has 2 fully saturated rings. The fraction of sp³-hybridized carbons (Fsp3) is 1.00. The van der Waals surface area contributed by atoms with Crippen LogP contribution in [0, 0.1) is 17.8 Å². The number of unbranched alkanes of at least 4 members (excludes halogenated alkanes) is 1. The Balaban J connectivity index is 1.46. The first-order valence-corrected chi connectivity index (χ1v) is 10.2. The number of hydrogen-bond donors (Lipinski definition) is 1. The van der Waals surface area contributed by atoms with Crippen molar-refractivity contribution in [2.24, 2.45) is 17.8 Å². The van der Waals surface area contributed by atoms with Crippen molar-refractivity contribution < 1.29 is 0 Å². The molecule has 0 aromatic rings. The Hall–Kier alpha value is -0.0800. The fourth-order valence-corrected chi connectivity index (χ4v) is 4.25. The first-order chi connectivity index (χ1) is 10.7. The van der Waals surface area contributed by atoms with Crippen molar-refractivity contribution in [1.82, 2.24) is 10.2 Å². The second-order valence-electron chi connectivity index (χ2n) is 8.30. The predicted molar refractivity (Wildman–Crippen MR) is 97.3 cm³/mol. The van der Waals surface area contributed by atoms with E-state index in [0.29, 0.717) is 0 Å². The van der Waals surface area contributed by atoms with Crippen LogP contribution < -0.4 is 5.32 Å². The van der Waals surface area contributed by atoms with Crippen LogP contribution in [0.3, 0.4) is 0 Å². The molecule has 0 aliphatic carbocycles. The molecule has 0 aromatic carbocycles. The van der Waals surface area contributed by atoms with Crippen molar-refractivity contribution in [3.63, 3.8) is 0 Å². The summed E-state index contributed by atoms with van der Waals surface area (Å²) in [6.07, 6.45) is 14.5. The highest BCUT2D eigenvalue weighted by molar-refractivity contribution is 4.74. The Morgan fingerprint density at radius 1 is 0.864 bits per heavy atom. The quantitative estimate of drug-likeness (QED) is 0.621. The third-order valence-electron chi connectivity index (χ3n) is 5.90. The van der Waals surface area contributed by atoms with E-state index in [0.717, 1.165) is 17.8 Å². The minimum atomic E-state index is 0.880. The Bertz CT molecular complexity index is 263. The largest absolute Gasteiger partial charge is 0.317 e. The first-order valence-electron chi connectivity index (χ1n) is 10.2. The lowest BCUT2D eigenvalue weighted by Gasteiger charge is -2.32. The van der Waals surface area contributed by atoms with Crippen molar-refractivity contribution in [2.75, 3.05) is 32.7 Å². The molecular weight excluding hydrogens is 268 g/mol. The Morgan fingerprint density at radius 3 is 2.14 bits per heavy atom. The van der Waals surface area contributed by atoms with Crippen LogP contribution in [0.5, 0.6) is 0 Å². The maximum Gasteiger partial charge on any atom is -0.00161 e. The van der Waals surface area contributed by atoms with Gasteiger partial charge in [0.05, 0.1) is 0 Å². The summed E-state index contributed by atoms with van der Waals surface area (Å²) < 4.78 is 0. The number of rotatable bonds is 9. The van der Waals surface area contributed by atoms with Gasteiger partial charge in [-0.25, -0.2) is 0 Å². The number of hydrogen-bond acceptors (Lipinski definition) is 2. The number of nitrogens with zero attached hydrogens (tertiary/aromatic N) is 1. The zero-order valence-corrected chi connectivity index (χ0v) is 15.3. The second kappa shape index (κ2) is 10.6. The van der Waals surface area contributed by atoms with Crippen molar-refractivity contribution in [1.29, 1.82) is 0 Å². The smallest absolute Gasteiger partial charge is 0.00161 e. The lowest BCUT2D eigenvalue weighted by molar-refractivity contribution is 0.172. The number of piperidine rings is 2. The average molecular weight is 309 g/mol. The zero-order chi connectivity index (χ0) is 15.6. The highest BCUT2D eigenvalue weighted by Gasteiger charge is 2.19. The van der Waals surface area contributed by atoms with E-state index in [2.05, 4.69) is 24.1 Å². The van der Waals surface area contributed by atoms with E-state index in [1.165, 1.54) is 96.9 Å². The minimum absolute atomic E-state index is 0.880. The van der Waals surface area contributed by atoms with Crippen LogP contribution in [0.2, 0.25) is 0 Å². The molecule has 2 saturated heterocycles. The molecular formula is C20H40N2. The molecule has 0 aromatic heterocycles. The van der Waals surface area contributed by atoms with Crippen LogP contribution in [0.15, 0.2) is 0 Å². The van der Waals surface area contributed by atoms with Crippen LogP contribution in [0.1, 0.15) is 78.1 Å². The fourth-order valence-electron chi connectivity index (χ4n) is 4.25. The molecule has 130 valence electrons. The van der Waals surface area contributed by atoms with Crippen molar-refractivity contribution >= 4 is 0 Å². The monoisotopic (exact) mass is 308 g/mol. The molecule has 0 bridgehead atoms. The molecule has 2 aliphatic rings. The topological polar surface area (TPSA) is 15.3 Å². The van der Waals surface area contributed by atoms with Gasteiger partial charge in [-0.15, -0.1) is 0 Å². The maximum absolute atomic E-state index is 3.48. The molecule has 2 heterocycles. The van der Waals surface area contributed by atoms with E-state index < -0.39 is 0 Å². The SMILES string of the molecule is CC(C)CCCCN1CCC(CCCC2CCNCC2)CC1. The van der Waals surface area contributed by atoms with Gasteiger partial charge in [0.1, 0.15) is 0 Å². The van der Waals surface area contributed by atoms with Gasteiger partial charge < -0.3 is 10.2 Å². The molecule has 0 radical (unpaired) electrons. The van der Waals surface area contributed by atoms with Crippen LogP contribution in [-0.2, 0) is 0 Å². The summed E-state index contributed by atoms with van der Waals surface area (Å²) in [7, 11) is 0. The van der Waals surface area contributed by atoms with E-state index in [4.69, 9.17) is 0 Å². The van der Waals surface area contributed by atoms with Crippen molar-refractivity contribution in [3.8, 4) is 0 Å². The molecule has 2 aliphatic heterocycles. The van der Waals surface area contributed by atoms with Crippen molar-refractivity contribution in [2.45, 2.75) is 78.1 Å². The summed E-state index contributed by atoms with van der Waals surface area (Å²) in [6, 6.07) is 0. The molecule has 0 spiro atoms. The molecule has 2 nitrogen and oxygen atoms in total. The Kier molecular flexibility index (Phi) is 8.84. The molecule has 0 saturated carbocycles. The van der Waals surface area contributed by atoms with Gasteiger partial charge in [0.2, 0.25) is 0 Å². The van der Waals surface area contributed by atoms with E-state index >= 15 is 0 Å². The molecule has 0 atom stereocenters. The first kappa shape index (κ1) is 18.3. The highest BCUT2D eigenvalue weighted by atomic mass is 15.1. The summed E-state index contributed by atoms with van der Waals surface area (Å²) in [5, 5.41) is 3.48. The summed E-state index contributed by atoms with van der Waals surface area (Å²) in [5.74, 6) is 2.95. The van der Waals surface area contributed by atoms with Gasteiger partial charge in [0, 0.05) is 0 Å². The standard InChI is InChI=1S/C20H40N2/c1-18(2)6-3-4-15-22-16-11-20(12-17-22)8-5-7-19-9-13-21-14-10-19/h18-21H,3-17H2,1-2H3. The summed E-state index contributed by atoms with van der Waals surface area (Å²) in [4.78, 5) is 2.73. The van der Waals surface area contributed by atoms with Gasteiger partial charge >= 0.3 is 0 Å². The lowest BCUT2D eigenvalue weighted by atomic mass is 9.87. The zero-order valence-electron chi connectivity index (χ0n) is 15.3. The average Bonchev–Trinajstić information content (AvgIpc) is 2.54.